The third-order valence-corrected chi connectivity index (χ3v) is 5.56. The van der Waals surface area contributed by atoms with Gasteiger partial charge < -0.3 is 9.80 Å². The van der Waals surface area contributed by atoms with Gasteiger partial charge in [0.25, 0.3) is 5.91 Å². The molecule has 0 spiro atoms. The van der Waals surface area contributed by atoms with Gasteiger partial charge in [-0.3, -0.25) is 4.79 Å². The van der Waals surface area contributed by atoms with Crippen LogP contribution in [0.3, 0.4) is 0 Å². The van der Waals surface area contributed by atoms with Crippen LogP contribution in [0.15, 0.2) is 48.5 Å². The molecule has 1 aromatic heterocycles. The van der Waals surface area contributed by atoms with Crippen LogP contribution in [-0.4, -0.2) is 42.0 Å². The van der Waals surface area contributed by atoms with Gasteiger partial charge in [0.05, 0.1) is 16.1 Å². The zero-order valence-corrected chi connectivity index (χ0v) is 16.3. The summed E-state index contributed by atoms with van der Waals surface area (Å²) in [5.41, 5.74) is 4.04. The Morgan fingerprint density at radius 1 is 0.963 bits per heavy atom. The average Bonchev–Trinajstić information content (AvgIpc) is 2.69. The fourth-order valence-electron chi connectivity index (χ4n) is 3.65. The van der Waals surface area contributed by atoms with Gasteiger partial charge in [-0.15, -0.1) is 0 Å². The highest BCUT2D eigenvalue weighted by atomic mass is 35.5. The first kappa shape index (κ1) is 17.8. The summed E-state index contributed by atoms with van der Waals surface area (Å²) >= 11 is 6.18. The lowest BCUT2D eigenvalue weighted by atomic mass is 10.1. The fraction of sp³-hybridized carbons (Fsp3) is 0.273. The molecule has 1 saturated heterocycles. The number of anilines is 1. The molecule has 1 amide bonds. The Morgan fingerprint density at radius 2 is 1.70 bits per heavy atom. The van der Waals surface area contributed by atoms with Crippen molar-refractivity contribution in [3.63, 3.8) is 0 Å². The Kier molecular flexibility index (Phi) is 4.75. The maximum Gasteiger partial charge on any atom is 0.255 e. The van der Waals surface area contributed by atoms with Crippen LogP contribution in [0.4, 0.5) is 5.82 Å². The zero-order chi connectivity index (χ0) is 19.0. The topological polar surface area (TPSA) is 36.4 Å². The first-order valence-electron chi connectivity index (χ1n) is 9.20. The summed E-state index contributed by atoms with van der Waals surface area (Å²) < 4.78 is 0. The minimum Gasteiger partial charge on any atom is -0.353 e. The van der Waals surface area contributed by atoms with E-state index in [4.69, 9.17) is 16.6 Å². The van der Waals surface area contributed by atoms with Crippen LogP contribution in [0.5, 0.6) is 0 Å². The molecule has 0 saturated carbocycles. The molecular formula is C22H22ClN3O. The second-order valence-corrected chi connectivity index (χ2v) is 7.43. The van der Waals surface area contributed by atoms with Gasteiger partial charge in [0.1, 0.15) is 5.82 Å². The molecule has 3 aromatic rings. The highest BCUT2D eigenvalue weighted by Crippen LogP contribution is 2.26. The molecule has 27 heavy (non-hydrogen) atoms. The average molecular weight is 380 g/mol. The minimum absolute atomic E-state index is 0.00116. The molecule has 4 rings (SSSR count). The number of hydrogen-bond acceptors (Lipinski definition) is 3. The number of fused-ring (bicyclic) bond motifs is 1. The lowest BCUT2D eigenvalue weighted by molar-refractivity contribution is 0.0746. The predicted octanol–water partition coefficient (Wildman–Crippen LogP) is 4.47. The van der Waals surface area contributed by atoms with Gasteiger partial charge in [-0.25, -0.2) is 4.98 Å². The Morgan fingerprint density at radius 3 is 2.44 bits per heavy atom. The molecule has 1 fully saturated rings. The fourth-order valence-corrected chi connectivity index (χ4v) is 3.87. The van der Waals surface area contributed by atoms with Crippen molar-refractivity contribution in [3.8, 4) is 0 Å². The lowest BCUT2D eigenvalue weighted by Gasteiger charge is -2.36. The van der Waals surface area contributed by atoms with Crippen molar-refractivity contribution < 1.29 is 4.79 Å². The number of aryl methyl sites for hydroxylation is 2. The first-order chi connectivity index (χ1) is 13.0. The van der Waals surface area contributed by atoms with E-state index in [2.05, 4.69) is 43.0 Å². The summed E-state index contributed by atoms with van der Waals surface area (Å²) in [6.45, 7) is 7.08. The smallest absolute Gasteiger partial charge is 0.255 e. The molecule has 0 unspecified atom stereocenters. The lowest BCUT2D eigenvalue weighted by Crippen LogP contribution is -2.49. The van der Waals surface area contributed by atoms with Crippen LogP contribution in [0.2, 0.25) is 5.02 Å². The van der Waals surface area contributed by atoms with Crippen molar-refractivity contribution >= 4 is 34.2 Å². The van der Waals surface area contributed by atoms with Crippen LogP contribution in [-0.2, 0) is 0 Å². The molecular weight excluding hydrogens is 358 g/mol. The van der Waals surface area contributed by atoms with Crippen molar-refractivity contribution in [2.24, 2.45) is 0 Å². The normalized spacial score (nSPS) is 14.6. The number of nitrogens with zero attached hydrogens (tertiary/aromatic N) is 3. The van der Waals surface area contributed by atoms with E-state index in [0.717, 1.165) is 24.4 Å². The second-order valence-electron chi connectivity index (χ2n) is 7.03. The van der Waals surface area contributed by atoms with E-state index < -0.39 is 0 Å². The molecule has 0 atom stereocenters. The molecule has 1 aliphatic rings. The summed E-state index contributed by atoms with van der Waals surface area (Å²) in [6, 6.07) is 15.7. The summed E-state index contributed by atoms with van der Waals surface area (Å²) in [5.74, 6) is 0.984. The van der Waals surface area contributed by atoms with E-state index in [1.807, 2.05) is 17.0 Å². The number of pyridine rings is 1. The Hall–Kier alpha value is -2.59. The van der Waals surface area contributed by atoms with E-state index in [0.29, 0.717) is 23.7 Å². The van der Waals surface area contributed by atoms with E-state index in [9.17, 15) is 4.79 Å². The Balaban J connectivity index is 1.53. The quantitative estimate of drug-likeness (QED) is 0.659. The summed E-state index contributed by atoms with van der Waals surface area (Å²) in [5, 5.41) is 1.71. The molecule has 0 N–H and O–H groups in total. The number of piperazine rings is 1. The number of carbonyl (C=O) groups excluding carboxylic acids is 1. The molecule has 138 valence electrons. The molecule has 0 aliphatic carbocycles. The van der Waals surface area contributed by atoms with Gasteiger partial charge in [-0.1, -0.05) is 41.9 Å². The third kappa shape index (κ3) is 3.37. The number of aromatic nitrogens is 1. The maximum absolute atomic E-state index is 12.7. The molecule has 1 aliphatic heterocycles. The number of rotatable bonds is 2. The molecule has 2 heterocycles. The number of halogens is 1. The van der Waals surface area contributed by atoms with E-state index in [1.165, 1.54) is 16.5 Å². The van der Waals surface area contributed by atoms with Gasteiger partial charge in [0.15, 0.2) is 0 Å². The monoisotopic (exact) mass is 379 g/mol. The maximum atomic E-state index is 12.7. The summed E-state index contributed by atoms with van der Waals surface area (Å²) in [6.07, 6.45) is 0. The van der Waals surface area contributed by atoms with Crippen LogP contribution >= 0.6 is 11.6 Å². The standard InChI is InChI=1S/C22H22ClN3O/c1-15-6-5-8-17-16(2)14-20(24-21(15)17)25-10-12-26(13-11-25)22(27)18-7-3-4-9-19(18)23/h3-9,14H,10-13H2,1-2H3. The summed E-state index contributed by atoms with van der Waals surface area (Å²) in [7, 11) is 0. The van der Waals surface area contributed by atoms with Crippen molar-refractivity contribution in [2.45, 2.75) is 13.8 Å². The molecule has 0 bridgehead atoms. The van der Waals surface area contributed by atoms with Crippen molar-refractivity contribution in [1.82, 2.24) is 9.88 Å². The van der Waals surface area contributed by atoms with Crippen LogP contribution in [0.1, 0.15) is 21.5 Å². The number of carbonyl (C=O) groups is 1. The third-order valence-electron chi connectivity index (χ3n) is 5.23. The predicted molar refractivity (Wildman–Crippen MR) is 111 cm³/mol. The Bertz CT molecular complexity index is 1010. The van der Waals surface area contributed by atoms with Crippen molar-refractivity contribution in [1.29, 1.82) is 0 Å². The number of amides is 1. The van der Waals surface area contributed by atoms with Gasteiger partial charge in [0.2, 0.25) is 0 Å². The van der Waals surface area contributed by atoms with E-state index >= 15 is 0 Å². The Labute approximate surface area is 164 Å². The van der Waals surface area contributed by atoms with Crippen molar-refractivity contribution in [3.05, 3.63) is 70.2 Å². The zero-order valence-electron chi connectivity index (χ0n) is 15.6. The number of hydrogen-bond donors (Lipinski definition) is 0. The van der Waals surface area contributed by atoms with Crippen molar-refractivity contribution in [2.75, 3.05) is 31.1 Å². The van der Waals surface area contributed by atoms with Gasteiger partial charge in [-0.05, 0) is 43.2 Å². The molecule has 4 nitrogen and oxygen atoms in total. The first-order valence-corrected chi connectivity index (χ1v) is 9.58. The van der Waals surface area contributed by atoms with E-state index in [-0.39, 0.29) is 5.91 Å². The van der Waals surface area contributed by atoms with Gasteiger partial charge in [0, 0.05) is 31.6 Å². The van der Waals surface area contributed by atoms with E-state index in [1.54, 1.807) is 12.1 Å². The minimum atomic E-state index is -0.00116. The molecule has 5 heteroatoms. The van der Waals surface area contributed by atoms with Crippen LogP contribution in [0, 0.1) is 13.8 Å². The largest absolute Gasteiger partial charge is 0.353 e. The SMILES string of the molecule is Cc1cc(N2CCN(C(=O)c3ccccc3Cl)CC2)nc2c(C)cccc12. The van der Waals surface area contributed by atoms with Gasteiger partial charge in [-0.2, -0.15) is 0 Å². The number of benzene rings is 2. The second kappa shape index (κ2) is 7.20. The van der Waals surface area contributed by atoms with Gasteiger partial charge >= 0.3 is 0 Å². The number of para-hydroxylation sites is 1. The molecule has 0 radical (unpaired) electrons. The summed E-state index contributed by atoms with van der Waals surface area (Å²) in [4.78, 5) is 21.8. The highest BCUT2D eigenvalue weighted by Gasteiger charge is 2.24. The van der Waals surface area contributed by atoms with Crippen LogP contribution in [0.25, 0.3) is 10.9 Å². The highest BCUT2D eigenvalue weighted by molar-refractivity contribution is 6.33. The van der Waals surface area contributed by atoms with Crippen LogP contribution < -0.4 is 4.90 Å². The molecule has 2 aromatic carbocycles.